The van der Waals surface area contributed by atoms with Gasteiger partial charge in [0.25, 0.3) is 10.0 Å². The average molecular weight is 298 g/mol. The van der Waals surface area contributed by atoms with Crippen molar-refractivity contribution in [3.8, 4) is 0 Å². The molecule has 0 saturated heterocycles. The van der Waals surface area contributed by atoms with E-state index in [4.69, 9.17) is 8.83 Å². The van der Waals surface area contributed by atoms with Crippen LogP contribution in [0.4, 0.5) is 0 Å². The summed E-state index contributed by atoms with van der Waals surface area (Å²) in [7, 11) is -2.11. The summed E-state index contributed by atoms with van der Waals surface area (Å²) in [6.45, 7) is 3.52. The summed E-state index contributed by atoms with van der Waals surface area (Å²) < 4.78 is 36.2. The third kappa shape index (κ3) is 3.30. The van der Waals surface area contributed by atoms with Gasteiger partial charge in [0, 0.05) is 19.2 Å². The Kier molecular flexibility index (Phi) is 4.64. The van der Waals surface area contributed by atoms with Gasteiger partial charge in [0.05, 0.1) is 19.1 Å². The van der Waals surface area contributed by atoms with Crippen molar-refractivity contribution in [3.63, 3.8) is 0 Å². The SMILES string of the molecule is CCNCc1ccc(S(=O)(=O)N(C)Cc2ccoc2)o1. The molecule has 0 atom stereocenters. The van der Waals surface area contributed by atoms with Crippen molar-refractivity contribution >= 4 is 10.0 Å². The van der Waals surface area contributed by atoms with Gasteiger partial charge in [-0.15, -0.1) is 0 Å². The average Bonchev–Trinajstić information content (AvgIpc) is 3.07. The lowest BCUT2D eigenvalue weighted by Gasteiger charge is -2.14. The number of furan rings is 2. The lowest BCUT2D eigenvalue weighted by atomic mass is 10.3. The van der Waals surface area contributed by atoms with E-state index in [9.17, 15) is 8.42 Å². The second-order valence-electron chi connectivity index (χ2n) is 4.39. The topological polar surface area (TPSA) is 75.7 Å². The Bertz CT molecular complexity index is 631. The van der Waals surface area contributed by atoms with Crippen molar-refractivity contribution in [2.75, 3.05) is 13.6 Å². The highest BCUT2D eigenvalue weighted by Crippen LogP contribution is 2.19. The maximum Gasteiger partial charge on any atom is 0.276 e. The molecule has 20 heavy (non-hydrogen) atoms. The number of sulfonamides is 1. The first-order chi connectivity index (χ1) is 9.54. The molecule has 0 aliphatic heterocycles. The van der Waals surface area contributed by atoms with Crippen LogP contribution in [-0.4, -0.2) is 26.3 Å². The van der Waals surface area contributed by atoms with Gasteiger partial charge in [0.15, 0.2) is 0 Å². The molecule has 6 nitrogen and oxygen atoms in total. The first-order valence-corrected chi connectivity index (χ1v) is 7.75. The van der Waals surface area contributed by atoms with Gasteiger partial charge in [-0.25, -0.2) is 8.42 Å². The summed E-state index contributed by atoms with van der Waals surface area (Å²) in [5, 5.41) is 3.04. The maximum absolute atomic E-state index is 12.3. The minimum atomic E-state index is -3.62. The minimum Gasteiger partial charge on any atom is -0.472 e. The fourth-order valence-corrected chi connectivity index (χ4v) is 2.80. The zero-order valence-corrected chi connectivity index (χ0v) is 12.3. The highest BCUT2D eigenvalue weighted by atomic mass is 32.2. The summed E-state index contributed by atoms with van der Waals surface area (Å²) in [4.78, 5) is 0. The van der Waals surface area contributed by atoms with Crippen LogP contribution in [-0.2, 0) is 23.1 Å². The van der Waals surface area contributed by atoms with Crippen LogP contribution in [0.1, 0.15) is 18.2 Å². The quantitative estimate of drug-likeness (QED) is 0.843. The summed E-state index contributed by atoms with van der Waals surface area (Å²) in [6.07, 6.45) is 3.03. The van der Waals surface area contributed by atoms with Gasteiger partial charge in [0.1, 0.15) is 5.76 Å². The van der Waals surface area contributed by atoms with Gasteiger partial charge in [0.2, 0.25) is 5.09 Å². The minimum absolute atomic E-state index is 0.0450. The van der Waals surface area contributed by atoms with Gasteiger partial charge in [-0.1, -0.05) is 6.92 Å². The first kappa shape index (κ1) is 14.8. The molecule has 1 N–H and O–H groups in total. The predicted molar refractivity (Wildman–Crippen MR) is 73.4 cm³/mol. The summed E-state index contributed by atoms with van der Waals surface area (Å²) >= 11 is 0. The molecule has 2 aromatic rings. The van der Waals surface area contributed by atoms with E-state index < -0.39 is 10.0 Å². The molecule has 0 bridgehead atoms. The lowest BCUT2D eigenvalue weighted by molar-refractivity contribution is 0.380. The predicted octanol–water partition coefficient (Wildman–Crippen LogP) is 1.80. The Morgan fingerprint density at radius 1 is 1.30 bits per heavy atom. The van der Waals surface area contributed by atoms with Crippen LogP contribution in [0.25, 0.3) is 0 Å². The molecule has 0 aromatic carbocycles. The molecular formula is C13H18N2O4S. The standard InChI is InChI=1S/C13H18N2O4S/c1-3-14-8-12-4-5-13(19-12)20(16,17)15(2)9-11-6-7-18-10-11/h4-7,10,14H,3,8-9H2,1-2H3. The Morgan fingerprint density at radius 3 is 2.75 bits per heavy atom. The number of hydrogen-bond acceptors (Lipinski definition) is 5. The molecule has 0 unspecified atom stereocenters. The molecule has 0 amide bonds. The normalized spacial score (nSPS) is 12.2. The Labute approximate surface area is 118 Å². The van der Waals surface area contributed by atoms with E-state index in [1.807, 2.05) is 6.92 Å². The van der Waals surface area contributed by atoms with E-state index in [2.05, 4.69) is 5.32 Å². The zero-order chi connectivity index (χ0) is 14.6. The summed E-state index contributed by atoms with van der Waals surface area (Å²) in [6, 6.07) is 4.87. The molecule has 0 fully saturated rings. The summed E-state index contributed by atoms with van der Waals surface area (Å²) in [5.41, 5.74) is 0.788. The first-order valence-electron chi connectivity index (χ1n) is 6.31. The van der Waals surface area contributed by atoms with Crippen LogP contribution in [0.15, 0.2) is 44.7 Å². The smallest absolute Gasteiger partial charge is 0.276 e. The number of rotatable bonds is 7. The van der Waals surface area contributed by atoms with Crippen LogP contribution in [0, 0.1) is 0 Å². The number of hydrogen-bond donors (Lipinski definition) is 1. The zero-order valence-electron chi connectivity index (χ0n) is 11.5. The third-order valence-corrected chi connectivity index (χ3v) is 4.51. The Morgan fingerprint density at radius 2 is 2.10 bits per heavy atom. The van der Waals surface area contributed by atoms with Crippen molar-refractivity contribution in [1.82, 2.24) is 9.62 Å². The van der Waals surface area contributed by atoms with E-state index in [0.29, 0.717) is 12.3 Å². The second kappa shape index (κ2) is 6.25. The van der Waals surface area contributed by atoms with Crippen molar-refractivity contribution in [2.24, 2.45) is 0 Å². The molecule has 0 aliphatic carbocycles. The second-order valence-corrected chi connectivity index (χ2v) is 6.37. The van der Waals surface area contributed by atoms with Gasteiger partial charge in [-0.05, 0) is 24.7 Å². The highest BCUT2D eigenvalue weighted by molar-refractivity contribution is 7.88. The monoisotopic (exact) mass is 298 g/mol. The largest absolute Gasteiger partial charge is 0.472 e. The van der Waals surface area contributed by atoms with Gasteiger partial charge >= 0.3 is 0 Å². The number of nitrogens with zero attached hydrogens (tertiary/aromatic N) is 1. The van der Waals surface area contributed by atoms with Crippen molar-refractivity contribution in [3.05, 3.63) is 42.0 Å². The maximum atomic E-state index is 12.3. The van der Waals surface area contributed by atoms with Gasteiger partial charge < -0.3 is 14.2 Å². The van der Waals surface area contributed by atoms with E-state index >= 15 is 0 Å². The lowest BCUT2D eigenvalue weighted by Crippen LogP contribution is -2.26. The van der Waals surface area contributed by atoms with E-state index in [1.54, 1.807) is 12.1 Å². The van der Waals surface area contributed by atoms with Crippen LogP contribution in [0.3, 0.4) is 0 Å². The van der Waals surface area contributed by atoms with Gasteiger partial charge in [-0.2, -0.15) is 4.31 Å². The van der Waals surface area contributed by atoms with Crippen LogP contribution < -0.4 is 5.32 Å². The number of nitrogens with one attached hydrogen (secondary N) is 1. The van der Waals surface area contributed by atoms with Crippen molar-refractivity contribution in [2.45, 2.75) is 25.1 Å². The van der Waals surface area contributed by atoms with E-state index in [1.165, 1.54) is 29.9 Å². The fraction of sp³-hybridized carbons (Fsp3) is 0.385. The van der Waals surface area contributed by atoms with E-state index in [-0.39, 0.29) is 11.6 Å². The van der Waals surface area contributed by atoms with E-state index in [0.717, 1.165) is 12.1 Å². The molecule has 110 valence electrons. The van der Waals surface area contributed by atoms with Gasteiger partial charge in [-0.3, -0.25) is 0 Å². The molecule has 7 heteroatoms. The van der Waals surface area contributed by atoms with Crippen LogP contribution in [0.2, 0.25) is 0 Å². The Hall–Kier alpha value is -1.57. The van der Waals surface area contributed by atoms with Crippen molar-refractivity contribution in [1.29, 1.82) is 0 Å². The summed E-state index contributed by atoms with van der Waals surface area (Å²) in [5.74, 6) is 0.599. The molecule has 0 aliphatic rings. The fourth-order valence-electron chi connectivity index (χ4n) is 1.72. The Balaban J connectivity index is 2.10. The molecular weight excluding hydrogens is 280 g/mol. The van der Waals surface area contributed by atoms with Crippen LogP contribution >= 0.6 is 0 Å². The third-order valence-electron chi connectivity index (χ3n) is 2.84. The highest BCUT2D eigenvalue weighted by Gasteiger charge is 2.24. The molecule has 0 radical (unpaired) electrons. The molecule has 2 rings (SSSR count). The molecule has 2 heterocycles. The molecule has 0 spiro atoms. The molecule has 2 aromatic heterocycles. The van der Waals surface area contributed by atoms with Crippen LogP contribution in [0.5, 0.6) is 0 Å². The molecule has 0 saturated carbocycles. The van der Waals surface area contributed by atoms with Crippen molar-refractivity contribution < 1.29 is 17.3 Å².